The van der Waals surface area contributed by atoms with Gasteiger partial charge in [0.05, 0.1) is 22.9 Å². The van der Waals surface area contributed by atoms with Crippen LogP contribution in [0.2, 0.25) is 0 Å². The van der Waals surface area contributed by atoms with E-state index in [2.05, 4.69) is 22.7 Å². The molecule has 4 N–H and O–H groups in total. The largest absolute Gasteiger partial charge is 0.331 e. The normalized spacial score (nSPS) is 17.2. The van der Waals surface area contributed by atoms with Gasteiger partial charge in [0, 0.05) is 30.2 Å². The maximum atomic E-state index is 11.4. The van der Waals surface area contributed by atoms with Crippen LogP contribution < -0.4 is 15.5 Å². The minimum atomic E-state index is -4.01. The number of anilines is 1. The quantitative estimate of drug-likeness (QED) is 0.486. The SMILES string of the molecule is NS(=O)(=O)c1ccc(NN=C2CC[NH+](Cc3ccccc3)CC2)c([N+](=O)[O-])c1. The molecule has 2 aromatic carbocycles. The molecule has 10 heteroatoms. The molecule has 0 saturated carbocycles. The molecule has 1 aliphatic heterocycles. The lowest BCUT2D eigenvalue weighted by Gasteiger charge is -2.24. The summed E-state index contributed by atoms with van der Waals surface area (Å²) in [5.41, 5.74) is 4.68. The number of piperidine rings is 1. The van der Waals surface area contributed by atoms with Gasteiger partial charge in [-0.2, -0.15) is 5.10 Å². The van der Waals surface area contributed by atoms with Crippen LogP contribution >= 0.6 is 0 Å². The Morgan fingerprint density at radius 3 is 2.43 bits per heavy atom. The van der Waals surface area contributed by atoms with Crippen LogP contribution in [0.4, 0.5) is 11.4 Å². The smallest absolute Gasteiger partial charge is 0.295 e. The van der Waals surface area contributed by atoms with Crippen LogP contribution in [-0.4, -0.2) is 32.1 Å². The predicted octanol–water partition coefficient (Wildman–Crippen LogP) is 0.889. The van der Waals surface area contributed by atoms with Gasteiger partial charge in [0.25, 0.3) is 5.69 Å². The zero-order valence-corrected chi connectivity index (χ0v) is 16.0. The van der Waals surface area contributed by atoms with E-state index >= 15 is 0 Å². The zero-order valence-electron chi connectivity index (χ0n) is 15.2. The number of rotatable bonds is 6. The monoisotopic (exact) mass is 404 g/mol. The van der Waals surface area contributed by atoms with Gasteiger partial charge in [0.15, 0.2) is 0 Å². The highest BCUT2D eigenvalue weighted by Gasteiger charge is 2.21. The molecule has 0 radical (unpaired) electrons. The van der Waals surface area contributed by atoms with E-state index in [4.69, 9.17) is 5.14 Å². The number of likely N-dealkylation sites (tertiary alicyclic amines) is 1. The number of hydrogen-bond acceptors (Lipinski definition) is 6. The van der Waals surface area contributed by atoms with Gasteiger partial charge in [-0.05, 0) is 12.1 Å². The number of nitro benzene ring substituents is 1. The Morgan fingerprint density at radius 2 is 1.82 bits per heavy atom. The van der Waals surface area contributed by atoms with Crippen LogP contribution in [0.15, 0.2) is 58.5 Å². The lowest BCUT2D eigenvalue weighted by molar-refractivity contribution is -0.914. The number of sulfonamides is 1. The molecule has 0 aliphatic carbocycles. The highest BCUT2D eigenvalue weighted by Crippen LogP contribution is 2.27. The molecule has 9 nitrogen and oxygen atoms in total. The third-order valence-corrected chi connectivity index (χ3v) is 5.57. The lowest BCUT2D eigenvalue weighted by Crippen LogP contribution is -3.11. The average molecular weight is 404 g/mol. The number of nitrogens with one attached hydrogen (secondary N) is 2. The van der Waals surface area contributed by atoms with E-state index in [1.807, 2.05) is 18.2 Å². The number of benzene rings is 2. The minimum absolute atomic E-state index is 0.129. The first-order valence-electron chi connectivity index (χ1n) is 8.83. The van der Waals surface area contributed by atoms with Crippen molar-refractivity contribution >= 4 is 27.1 Å². The Balaban J connectivity index is 1.64. The molecule has 0 bridgehead atoms. The topological polar surface area (TPSA) is 132 Å². The summed E-state index contributed by atoms with van der Waals surface area (Å²) in [5.74, 6) is 0. The van der Waals surface area contributed by atoms with Crippen molar-refractivity contribution in [1.82, 2.24) is 0 Å². The second-order valence-corrected chi connectivity index (χ2v) is 8.24. The van der Waals surface area contributed by atoms with Crippen LogP contribution in [0.3, 0.4) is 0 Å². The highest BCUT2D eigenvalue weighted by molar-refractivity contribution is 7.89. The summed E-state index contributed by atoms with van der Waals surface area (Å²) in [4.78, 5) is 11.7. The molecule has 3 rings (SSSR count). The number of nitrogens with zero attached hydrogens (tertiary/aromatic N) is 2. The second kappa shape index (κ2) is 8.46. The molecule has 0 amide bonds. The fraction of sp³-hybridized carbons (Fsp3) is 0.278. The third kappa shape index (κ3) is 5.12. The van der Waals surface area contributed by atoms with Gasteiger partial charge in [0.2, 0.25) is 10.0 Å². The number of primary sulfonamides is 1. The summed E-state index contributed by atoms with van der Waals surface area (Å²) < 4.78 is 22.8. The van der Waals surface area contributed by atoms with Crippen molar-refractivity contribution in [3.8, 4) is 0 Å². The fourth-order valence-electron chi connectivity index (χ4n) is 3.14. The number of quaternary nitrogens is 1. The molecule has 0 atom stereocenters. The average Bonchev–Trinajstić information content (AvgIpc) is 2.67. The number of hydrazone groups is 1. The van der Waals surface area contributed by atoms with Crippen LogP contribution in [0.5, 0.6) is 0 Å². The Bertz CT molecular complexity index is 982. The molecule has 2 aromatic rings. The van der Waals surface area contributed by atoms with Crippen molar-refractivity contribution in [2.45, 2.75) is 24.3 Å². The summed E-state index contributed by atoms with van der Waals surface area (Å²) in [6.07, 6.45) is 1.58. The molecule has 0 unspecified atom stereocenters. The third-order valence-electron chi connectivity index (χ3n) is 4.66. The Hall–Kier alpha value is -2.82. The van der Waals surface area contributed by atoms with Crippen LogP contribution in [0.1, 0.15) is 18.4 Å². The van der Waals surface area contributed by atoms with Gasteiger partial charge in [-0.15, -0.1) is 0 Å². The molecule has 0 aromatic heterocycles. The first kappa shape index (κ1) is 19.9. The summed E-state index contributed by atoms with van der Waals surface area (Å²) >= 11 is 0. The molecule has 1 heterocycles. The molecule has 1 fully saturated rings. The van der Waals surface area contributed by atoms with Gasteiger partial charge in [-0.1, -0.05) is 30.3 Å². The van der Waals surface area contributed by atoms with Crippen LogP contribution in [-0.2, 0) is 16.6 Å². The van der Waals surface area contributed by atoms with Gasteiger partial charge in [-0.25, -0.2) is 13.6 Å². The van der Waals surface area contributed by atoms with Crippen LogP contribution in [0, 0.1) is 10.1 Å². The van der Waals surface area contributed by atoms with E-state index in [0.717, 1.165) is 44.3 Å². The first-order valence-corrected chi connectivity index (χ1v) is 10.4. The molecule has 1 saturated heterocycles. The van der Waals surface area contributed by atoms with Crippen molar-refractivity contribution in [3.05, 3.63) is 64.2 Å². The Kier molecular flexibility index (Phi) is 6.02. The molecule has 0 spiro atoms. The van der Waals surface area contributed by atoms with Gasteiger partial charge in [0.1, 0.15) is 12.2 Å². The Labute approximate surface area is 163 Å². The van der Waals surface area contributed by atoms with E-state index in [1.54, 1.807) is 0 Å². The first-order chi connectivity index (χ1) is 13.3. The standard InChI is InChI=1S/C18H21N5O4S/c19-28(26,27)16-6-7-17(18(12-16)23(24)25)21-20-15-8-10-22(11-9-15)13-14-4-2-1-3-5-14/h1-7,12,21H,8-11,13H2,(H2,19,26,27)/p+1. The highest BCUT2D eigenvalue weighted by atomic mass is 32.2. The molecular formula is C18H22N5O4S+. The zero-order chi connectivity index (χ0) is 20.1. The van der Waals surface area contributed by atoms with Crippen LogP contribution in [0.25, 0.3) is 0 Å². The van der Waals surface area contributed by atoms with Crippen molar-refractivity contribution in [2.75, 3.05) is 18.5 Å². The number of nitrogens with two attached hydrogens (primary N) is 1. The van der Waals surface area contributed by atoms with E-state index in [-0.39, 0.29) is 16.3 Å². The molecule has 148 valence electrons. The maximum absolute atomic E-state index is 11.4. The summed E-state index contributed by atoms with van der Waals surface area (Å²) in [5, 5.41) is 20.6. The lowest BCUT2D eigenvalue weighted by atomic mass is 10.1. The maximum Gasteiger partial charge on any atom is 0.295 e. The summed E-state index contributed by atoms with van der Waals surface area (Å²) in [6.45, 7) is 2.83. The van der Waals surface area contributed by atoms with Gasteiger partial charge >= 0.3 is 0 Å². The van der Waals surface area contributed by atoms with Gasteiger partial charge in [-0.3, -0.25) is 15.5 Å². The molecule has 1 aliphatic rings. The van der Waals surface area contributed by atoms with E-state index in [0.29, 0.717) is 0 Å². The number of nitro groups is 1. The van der Waals surface area contributed by atoms with Crippen molar-refractivity contribution in [2.24, 2.45) is 10.2 Å². The van der Waals surface area contributed by atoms with Crippen molar-refractivity contribution in [3.63, 3.8) is 0 Å². The van der Waals surface area contributed by atoms with Crippen molar-refractivity contribution < 1.29 is 18.2 Å². The van der Waals surface area contributed by atoms with E-state index in [9.17, 15) is 18.5 Å². The summed E-state index contributed by atoms with van der Waals surface area (Å²) in [7, 11) is -4.01. The fourth-order valence-corrected chi connectivity index (χ4v) is 3.67. The van der Waals surface area contributed by atoms with Gasteiger partial charge < -0.3 is 4.90 Å². The predicted molar refractivity (Wildman–Crippen MR) is 106 cm³/mol. The summed E-state index contributed by atoms with van der Waals surface area (Å²) in [6, 6.07) is 13.7. The molecule has 28 heavy (non-hydrogen) atoms. The molecular weight excluding hydrogens is 382 g/mol. The van der Waals surface area contributed by atoms with E-state index < -0.39 is 14.9 Å². The number of hydrogen-bond donors (Lipinski definition) is 3. The second-order valence-electron chi connectivity index (χ2n) is 6.68. The Morgan fingerprint density at radius 1 is 1.14 bits per heavy atom. The van der Waals surface area contributed by atoms with Crippen molar-refractivity contribution in [1.29, 1.82) is 0 Å². The minimum Gasteiger partial charge on any atom is -0.331 e. The van der Waals surface area contributed by atoms with E-state index in [1.165, 1.54) is 22.6 Å².